The van der Waals surface area contributed by atoms with Gasteiger partial charge in [0, 0.05) is 5.69 Å². The predicted octanol–water partition coefficient (Wildman–Crippen LogP) is 3.36. The van der Waals surface area contributed by atoms with Crippen LogP contribution in [0.4, 0.5) is 18.9 Å². The number of hydrogen-bond acceptors (Lipinski definition) is 6. The Labute approximate surface area is 226 Å². The molecule has 212 valence electrons. The number of rotatable bonds is 10. The molecule has 1 amide bonds. The van der Waals surface area contributed by atoms with Crippen LogP contribution in [0.3, 0.4) is 0 Å². The van der Waals surface area contributed by atoms with Crippen LogP contribution in [0.15, 0.2) is 70.4 Å². The Bertz CT molecular complexity index is 1580. The fraction of sp³-hybridized carbons (Fsp3) is 0.231. The molecule has 0 fully saturated rings. The maximum atomic E-state index is 13.1. The van der Waals surface area contributed by atoms with Crippen LogP contribution in [0.25, 0.3) is 11.3 Å². The number of carboxylic acid groups (broad SMARTS) is 1. The maximum absolute atomic E-state index is 13.1. The third-order valence-electron chi connectivity index (χ3n) is 5.74. The number of hydrogen-bond donors (Lipinski definition) is 4. The number of amides is 1. The van der Waals surface area contributed by atoms with Gasteiger partial charge in [-0.3, -0.25) is 19.1 Å². The van der Waals surface area contributed by atoms with Crippen molar-refractivity contribution in [3.05, 3.63) is 82.1 Å². The average molecular weight is 580 g/mol. The molecule has 0 aliphatic rings. The highest BCUT2D eigenvalue weighted by atomic mass is 32.2. The number of aromatic nitrogens is 1. The molecule has 0 aliphatic carbocycles. The van der Waals surface area contributed by atoms with E-state index in [1.807, 2.05) is 5.32 Å². The number of sulfonamides is 1. The van der Waals surface area contributed by atoms with Crippen molar-refractivity contribution in [2.75, 3.05) is 4.72 Å². The molecule has 14 heteroatoms. The standard InChI is InChI=1S/C26H24F3N3O7S/c1-14(2)21(23(34)26(27,28)29)31-20(33)13-17-12-19(15-6-4-3-5-7-15)30-24(35)22(17)32-40(38,39)18-10-8-16(9-11-18)25(36)37/h3-12,14,21,32H,13H2,1-2H3,(H,30,35)(H,31,33)(H,36,37). The Hall–Kier alpha value is -4.46. The molecule has 0 radical (unpaired) electrons. The number of carbonyl (C=O) groups excluding carboxylic acids is 2. The number of nitrogens with one attached hydrogen (secondary N) is 3. The van der Waals surface area contributed by atoms with E-state index in [9.17, 15) is 40.8 Å². The summed E-state index contributed by atoms with van der Waals surface area (Å²) in [4.78, 5) is 50.9. The van der Waals surface area contributed by atoms with Crippen LogP contribution in [0.5, 0.6) is 0 Å². The molecule has 2 aromatic carbocycles. The SMILES string of the molecule is CC(C)C(NC(=O)Cc1cc(-c2ccccc2)[nH]c(=O)c1NS(=O)(=O)c1ccc(C(=O)O)cc1)C(=O)C(F)(F)F. The van der Waals surface area contributed by atoms with Gasteiger partial charge in [0.1, 0.15) is 5.69 Å². The van der Waals surface area contributed by atoms with Gasteiger partial charge in [-0.1, -0.05) is 44.2 Å². The molecule has 0 spiro atoms. The topological polar surface area (TPSA) is 162 Å². The van der Waals surface area contributed by atoms with Crippen molar-refractivity contribution in [2.45, 2.75) is 37.4 Å². The van der Waals surface area contributed by atoms with Crippen LogP contribution in [-0.2, 0) is 26.0 Å². The summed E-state index contributed by atoms with van der Waals surface area (Å²) in [6, 6.07) is 11.7. The average Bonchev–Trinajstić information content (AvgIpc) is 2.88. The molecular formula is C26H24F3N3O7S. The quantitative estimate of drug-likeness (QED) is 0.286. The molecule has 0 saturated heterocycles. The fourth-order valence-electron chi connectivity index (χ4n) is 3.72. The summed E-state index contributed by atoms with van der Waals surface area (Å²) in [6.07, 6.45) is -5.96. The van der Waals surface area contributed by atoms with E-state index in [2.05, 4.69) is 9.71 Å². The molecular weight excluding hydrogens is 555 g/mol. The molecule has 1 aromatic heterocycles. The van der Waals surface area contributed by atoms with Gasteiger partial charge in [0.05, 0.1) is 22.9 Å². The van der Waals surface area contributed by atoms with Crippen LogP contribution in [0, 0.1) is 5.92 Å². The number of Topliss-reactive ketones (excluding diaryl/α,β-unsaturated/α-hetero) is 1. The zero-order valence-corrected chi connectivity index (χ0v) is 21.9. The van der Waals surface area contributed by atoms with Gasteiger partial charge in [-0.2, -0.15) is 13.2 Å². The number of carboxylic acids is 1. The van der Waals surface area contributed by atoms with Crippen LogP contribution in [0.2, 0.25) is 0 Å². The number of aromatic amines is 1. The predicted molar refractivity (Wildman–Crippen MR) is 138 cm³/mol. The molecule has 10 nitrogen and oxygen atoms in total. The van der Waals surface area contributed by atoms with Crippen LogP contribution in [0.1, 0.15) is 29.8 Å². The van der Waals surface area contributed by atoms with Gasteiger partial charge in [0.2, 0.25) is 5.91 Å². The van der Waals surface area contributed by atoms with Gasteiger partial charge in [-0.15, -0.1) is 0 Å². The Morgan fingerprint density at radius 2 is 1.60 bits per heavy atom. The highest BCUT2D eigenvalue weighted by Crippen LogP contribution is 2.24. The van der Waals surface area contributed by atoms with Gasteiger partial charge in [0.25, 0.3) is 21.4 Å². The lowest BCUT2D eigenvalue weighted by atomic mass is 9.98. The molecule has 1 atom stereocenters. The summed E-state index contributed by atoms with van der Waals surface area (Å²) in [7, 11) is -4.48. The highest BCUT2D eigenvalue weighted by molar-refractivity contribution is 7.92. The van der Waals surface area contributed by atoms with Crippen molar-refractivity contribution < 1.29 is 41.1 Å². The molecule has 0 bridgehead atoms. The second-order valence-corrected chi connectivity index (χ2v) is 10.7. The van der Waals surface area contributed by atoms with Crippen molar-refractivity contribution in [3.8, 4) is 11.3 Å². The minimum Gasteiger partial charge on any atom is -0.478 e. The van der Waals surface area contributed by atoms with Gasteiger partial charge >= 0.3 is 12.1 Å². The second-order valence-electron chi connectivity index (χ2n) is 9.04. The number of ketones is 1. The molecule has 0 aliphatic heterocycles. The first-order valence-electron chi connectivity index (χ1n) is 11.7. The van der Waals surface area contributed by atoms with E-state index in [0.29, 0.717) is 5.56 Å². The van der Waals surface area contributed by atoms with E-state index in [0.717, 1.165) is 24.3 Å². The number of pyridine rings is 1. The Balaban J connectivity index is 2.03. The van der Waals surface area contributed by atoms with Crippen molar-refractivity contribution in [1.29, 1.82) is 0 Å². The number of H-pyrrole nitrogens is 1. The molecule has 3 aromatic rings. The monoisotopic (exact) mass is 579 g/mol. The van der Waals surface area contributed by atoms with Crippen molar-refractivity contribution >= 4 is 33.4 Å². The summed E-state index contributed by atoms with van der Waals surface area (Å²) in [5.41, 5.74) is -1.23. The van der Waals surface area contributed by atoms with Gasteiger partial charge < -0.3 is 15.4 Å². The smallest absolute Gasteiger partial charge is 0.452 e. The number of alkyl halides is 3. The number of carbonyl (C=O) groups is 3. The lowest BCUT2D eigenvalue weighted by Crippen LogP contribution is -2.50. The molecule has 4 N–H and O–H groups in total. The van der Waals surface area contributed by atoms with Crippen molar-refractivity contribution in [2.24, 2.45) is 5.92 Å². The van der Waals surface area contributed by atoms with Gasteiger partial charge in [-0.05, 0) is 47.4 Å². The summed E-state index contributed by atoms with van der Waals surface area (Å²) >= 11 is 0. The maximum Gasteiger partial charge on any atom is 0.452 e. The minimum absolute atomic E-state index is 0.186. The normalized spacial score (nSPS) is 12.6. The van der Waals surface area contributed by atoms with E-state index in [4.69, 9.17) is 5.11 Å². The van der Waals surface area contributed by atoms with E-state index >= 15 is 0 Å². The molecule has 0 saturated carbocycles. The highest BCUT2D eigenvalue weighted by Gasteiger charge is 2.45. The Morgan fingerprint density at radius 3 is 2.12 bits per heavy atom. The molecule has 1 heterocycles. The fourth-order valence-corrected chi connectivity index (χ4v) is 4.82. The molecule has 40 heavy (non-hydrogen) atoms. The largest absolute Gasteiger partial charge is 0.478 e. The number of anilines is 1. The number of aromatic carboxylic acids is 1. The first-order chi connectivity index (χ1) is 18.6. The summed E-state index contributed by atoms with van der Waals surface area (Å²) in [5.74, 6) is -5.43. The Kier molecular flexibility index (Phi) is 8.83. The molecule has 1 unspecified atom stereocenters. The lowest BCUT2D eigenvalue weighted by Gasteiger charge is -2.22. The zero-order valence-electron chi connectivity index (χ0n) is 21.1. The zero-order chi connectivity index (χ0) is 29.8. The summed E-state index contributed by atoms with van der Waals surface area (Å²) in [5, 5.41) is 11.1. The second kappa shape index (κ2) is 11.7. The third-order valence-corrected chi connectivity index (χ3v) is 7.11. The number of benzene rings is 2. The first-order valence-corrected chi connectivity index (χ1v) is 13.2. The van der Waals surface area contributed by atoms with E-state index < -0.39 is 68.4 Å². The number of halogens is 3. The summed E-state index contributed by atoms with van der Waals surface area (Å²) in [6.45, 7) is 2.62. The minimum atomic E-state index is -5.20. The van der Waals surface area contributed by atoms with Crippen molar-refractivity contribution in [3.63, 3.8) is 0 Å². The Morgan fingerprint density at radius 1 is 1.00 bits per heavy atom. The van der Waals surface area contributed by atoms with E-state index in [-0.39, 0.29) is 16.8 Å². The van der Waals surface area contributed by atoms with Gasteiger partial charge in [0.15, 0.2) is 0 Å². The van der Waals surface area contributed by atoms with E-state index in [1.165, 1.54) is 19.9 Å². The lowest BCUT2D eigenvalue weighted by molar-refractivity contribution is -0.174. The van der Waals surface area contributed by atoms with Gasteiger partial charge in [-0.25, -0.2) is 13.2 Å². The third kappa shape index (κ3) is 7.14. The summed E-state index contributed by atoms with van der Waals surface area (Å²) < 4.78 is 67.3. The van der Waals surface area contributed by atoms with Crippen LogP contribution < -0.4 is 15.6 Å². The van der Waals surface area contributed by atoms with E-state index in [1.54, 1.807) is 30.3 Å². The van der Waals surface area contributed by atoms with Crippen molar-refractivity contribution in [1.82, 2.24) is 10.3 Å². The van der Waals surface area contributed by atoms with Crippen LogP contribution >= 0.6 is 0 Å². The first kappa shape index (κ1) is 30.1. The van der Waals surface area contributed by atoms with Crippen LogP contribution in [-0.4, -0.2) is 48.4 Å². The molecule has 3 rings (SSSR count).